The van der Waals surface area contributed by atoms with E-state index in [-0.39, 0.29) is 0 Å². The van der Waals surface area contributed by atoms with Gasteiger partial charge in [-0.05, 0) is 43.9 Å². The first-order valence-corrected chi connectivity index (χ1v) is 10.1. The summed E-state index contributed by atoms with van der Waals surface area (Å²) in [5, 5.41) is 3.45. The molecule has 0 amide bonds. The van der Waals surface area contributed by atoms with Gasteiger partial charge in [-0.3, -0.25) is 0 Å². The monoisotopic (exact) mass is 367 g/mol. The highest BCUT2D eigenvalue weighted by Crippen LogP contribution is 2.30. The molecular formula is C21H29N5O. The van der Waals surface area contributed by atoms with E-state index in [9.17, 15) is 0 Å². The van der Waals surface area contributed by atoms with E-state index >= 15 is 0 Å². The molecule has 27 heavy (non-hydrogen) atoms. The lowest BCUT2D eigenvalue weighted by Gasteiger charge is -2.36. The van der Waals surface area contributed by atoms with Gasteiger partial charge in [-0.25, -0.2) is 4.98 Å². The number of hydrogen-bond donors (Lipinski definition) is 1. The van der Waals surface area contributed by atoms with E-state index in [1.54, 1.807) is 0 Å². The Labute approximate surface area is 161 Å². The first kappa shape index (κ1) is 18.0. The van der Waals surface area contributed by atoms with Gasteiger partial charge in [-0.1, -0.05) is 19.1 Å². The SMILES string of the molecule is CCC1CCCCN1c1ccnc(Nc2ccccc2N2CCOCC2)n1. The molecule has 2 aliphatic rings. The van der Waals surface area contributed by atoms with E-state index in [1.807, 2.05) is 18.3 Å². The van der Waals surface area contributed by atoms with Crippen LogP contribution in [0.3, 0.4) is 0 Å². The minimum Gasteiger partial charge on any atom is -0.378 e. The molecule has 2 fully saturated rings. The molecule has 0 bridgehead atoms. The molecule has 1 aromatic carbocycles. The topological polar surface area (TPSA) is 53.5 Å². The highest BCUT2D eigenvalue weighted by Gasteiger charge is 2.22. The van der Waals surface area contributed by atoms with Crippen molar-refractivity contribution in [3.8, 4) is 0 Å². The van der Waals surface area contributed by atoms with Gasteiger partial charge in [-0.15, -0.1) is 0 Å². The molecule has 6 heteroatoms. The summed E-state index contributed by atoms with van der Waals surface area (Å²) in [5.41, 5.74) is 2.22. The highest BCUT2D eigenvalue weighted by atomic mass is 16.5. The summed E-state index contributed by atoms with van der Waals surface area (Å²) >= 11 is 0. The fourth-order valence-electron chi connectivity index (χ4n) is 4.08. The molecule has 144 valence electrons. The molecule has 0 radical (unpaired) electrons. The lowest BCUT2D eigenvalue weighted by molar-refractivity contribution is 0.123. The second kappa shape index (κ2) is 8.57. The summed E-state index contributed by atoms with van der Waals surface area (Å²) in [7, 11) is 0. The number of benzene rings is 1. The number of aromatic nitrogens is 2. The summed E-state index contributed by atoms with van der Waals surface area (Å²) in [4.78, 5) is 14.1. The third kappa shape index (κ3) is 4.16. The van der Waals surface area contributed by atoms with Crippen LogP contribution in [0.5, 0.6) is 0 Å². The van der Waals surface area contributed by atoms with Crippen LogP contribution in [-0.4, -0.2) is 48.9 Å². The lowest BCUT2D eigenvalue weighted by Crippen LogP contribution is -2.39. The maximum absolute atomic E-state index is 5.49. The van der Waals surface area contributed by atoms with Crippen LogP contribution in [0.4, 0.5) is 23.1 Å². The van der Waals surface area contributed by atoms with Crippen molar-refractivity contribution >= 4 is 23.1 Å². The summed E-state index contributed by atoms with van der Waals surface area (Å²) < 4.78 is 5.49. The molecule has 1 aromatic heterocycles. The van der Waals surface area contributed by atoms with Crippen LogP contribution in [0.25, 0.3) is 0 Å². The van der Waals surface area contributed by atoms with Crippen molar-refractivity contribution in [2.45, 2.75) is 38.6 Å². The summed E-state index contributed by atoms with van der Waals surface area (Å²) in [6.45, 7) is 6.71. The zero-order valence-electron chi connectivity index (χ0n) is 16.1. The van der Waals surface area contributed by atoms with Crippen LogP contribution in [0.15, 0.2) is 36.5 Å². The summed E-state index contributed by atoms with van der Waals surface area (Å²) in [6, 6.07) is 11.0. The fraction of sp³-hybridized carbons (Fsp3) is 0.524. The zero-order chi connectivity index (χ0) is 18.5. The number of rotatable bonds is 5. The predicted molar refractivity (Wildman–Crippen MR) is 110 cm³/mol. The predicted octanol–water partition coefficient (Wildman–Crippen LogP) is 3.83. The molecule has 3 heterocycles. The van der Waals surface area contributed by atoms with Gasteiger partial charge in [0.15, 0.2) is 0 Å². The number of nitrogens with zero attached hydrogens (tertiary/aromatic N) is 4. The van der Waals surface area contributed by atoms with Gasteiger partial charge in [-0.2, -0.15) is 4.98 Å². The maximum Gasteiger partial charge on any atom is 0.229 e. The molecule has 0 spiro atoms. The minimum absolute atomic E-state index is 0.585. The Morgan fingerprint density at radius 3 is 2.81 bits per heavy atom. The number of para-hydroxylation sites is 2. The summed E-state index contributed by atoms with van der Waals surface area (Å²) in [6.07, 6.45) is 6.83. The Morgan fingerprint density at radius 2 is 1.96 bits per heavy atom. The van der Waals surface area contributed by atoms with Crippen LogP contribution in [-0.2, 0) is 4.74 Å². The smallest absolute Gasteiger partial charge is 0.229 e. The second-order valence-corrected chi connectivity index (χ2v) is 7.23. The lowest BCUT2D eigenvalue weighted by atomic mass is 10.0. The Bertz CT molecular complexity index is 747. The Morgan fingerprint density at radius 1 is 1.11 bits per heavy atom. The van der Waals surface area contributed by atoms with Crippen molar-refractivity contribution in [2.24, 2.45) is 0 Å². The molecule has 1 N–H and O–H groups in total. The fourth-order valence-corrected chi connectivity index (χ4v) is 4.08. The van der Waals surface area contributed by atoms with Crippen molar-refractivity contribution < 1.29 is 4.74 Å². The van der Waals surface area contributed by atoms with E-state index in [2.05, 4.69) is 45.2 Å². The number of nitrogens with one attached hydrogen (secondary N) is 1. The normalized spacial score (nSPS) is 20.6. The molecule has 2 saturated heterocycles. The molecule has 4 rings (SSSR count). The third-order valence-corrected chi connectivity index (χ3v) is 5.54. The highest BCUT2D eigenvalue weighted by molar-refractivity contribution is 5.73. The first-order valence-electron chi connectivity index (χ1n) is 10.1. The number of piperidine rings is 1. The van der Waals surface area contributed by atoms with Crippen molar-refractivity contribution in [1.82, 2.24) is 9.97 Å². The van der Waals surface area contributed by atoms with Gasteiger partial charge >= 0.3 is 0 Å². The number of morpholine rings is 1. The quantitative estimate of drug-likeness (QED) is 0.867. The third-order valence-electron chi connectivity index (χ3n) is 5.54. The molecule has 1 atom stereocenters. The first-order chi connectivity index (χ1) is 13.3. The molecule has 0 saturated carbocycles. The van der Waals surface area contributed by atoms with Crippen molar-refractivity contribution in [2.75, 3.05) is 48.0 Å². The Hall–Kier alpha value is -2.34. The number of ether oxygens (including phenoxy) is 1. The summed E-state index contributed by atoms with van der Waals surface area (Å²) in [5.74, 6) is 1.69. The van der Waals surface area contributed by atoms with Gasteiger partial charge in [0.2, 0.25) is 5.95 Å². The molecule has 0 aliphatic carbocycles. The average molecular weight is 367 g/mol. The standard InChI is InChI=1S/C21H29N5O/c1-2-17-7-5-6-12-26(17)20-10-11-22-21(24-20)23-18-8-3-4-9-19(18)25-13-15-27-16-14-25/h3-4,8-11,17H,2,5-7,12-16H2,1H3,(H,22,23,24). The van der Waals surface area contributed by atoms with E-state index < -0.39 is 0 Å². The van der Waals surface area contributed by atoms with Crippen molar-refractivity contribution in [3.63, 3.8) is 0 Å². The van der Waals surface area contributed by atoms with E-state index in [0.717, 1.165) is 50.8 Å². The van der Waals surface area contributed by atoms with Gasteiger partial charge in [0.05, 0.1) is 24.6 Å². The van der Waals surface area contributed by atoms with Crippen LogP contribution in [0.2, 0.25) is 0 Å². The van der Waals surface area contributed by atoms with Crippen LogP contribution < -0.4 is 15.1 Å². The molecular weight excluding hydrogens is 338 g/mol. The molecule has 1 unspecified atom stereocenters. The molecule has 2 aliphatic heterocycles. The van der Waals surface area contributed by atoms with Crippen molar-refractivity contribution in [3.05, 3.63) is 36.5 Å². The van der Waals surface area contributed by atoms with Crippen LogP contribution >= 0.6 is 0 Å². The van der Waals surface area contributed by atoms with Gasteiger partial charge in [0.25, 0.3) is 0 Å². The Kier molecular flexibility index (Phi) is 5.72. The van der Waals surface area contributed by atoms with Crippen molar-refractivity contribution in [1.29, 1.82) is 0 Å². The largest absolute Gasteiger partial charge is 0.378 e. The van der Waals surface area contributed by atoms with Crippen LogP contribution in [0, 0.1) is 0 Å². The van der Waals surface area contributed by atoms with Gasteiger partial charge < -0.3 is 19.9 Å². The van der Waals surface area contributed by atoms with E-state index in [0.29, 0.717) is 12.0 Å². The number of hydrogen-bond acceptors (Lipinski definition) is 6. The minimum atomic E-state index is 0.585. The average Bonchev–Trinajstić information content (AvgIpc) is 2.75. The van der Waals surface area contributed by atoms with E-state index in [4.69, 9.17) is 9.72 Å². The maximum atomic E-state index is 5.49. The zero-order valence-corrected chi connectivity index (χ0v) is 16.1. The molecule has 6 nitrogen and oxygen atoms in total. The van der Waals surface area contributed by atoms with E-state index in [1.165, 1.54) is 24.9 Å². The number of anilines is 4. The van der Waals surface area contributed by atoms with Crippen LogP contribution in [0.1, 0.15) is 32.6 Å². The second-order valence-electron chi connectivity index (χ2n) is 7.23. The van der Waals surface area contributed by atoms with Gasteiger partial charge in [0.1, 0.15) is 5.82 Å². The Balaban J connectivity index is 1.55. The molecule has 2 aromatic rings. The van der Waals surface area contributed by atoms with Gasteiger partial charge in [0, 0.05) is 31.9 Å².